The zero-order valence-corrected chi connectivity index (χ0v) is 8.15. The second-order valence-electron chi connectivity index (χ2n) is 1.70. The minimum atomic E-state index is -3.93. The Morgan fingerprint density at radius 1 is 1.64 bits per heavy atom. The number of hydrogen-bond donors (Lipinski definition) is 3. The lowest BCUT2D eigenvalue weighted by molar-refractivity contribution is 0.152. The highest BCUT2D eigenvalue weighted by molar-refractivity contribution is 7.86. The molecule has 1 N–H and O–H groups in total. The SMILES string of the molecule is O=S(=O)(O)CCOC(S)[CH]S. The van der Waals surface area contributed by atoms with Crippen molar-refractivity contribution >= 4 is 35.4 Å². The molecule has 11 heavy (non-hydrogen) atoms. The van der Waals surface area contributed by atoms with Crippen LogP contribution in [0.1, 0.15) is 0 Å². The number of ether oxygens (including phenoxy) is 1. The van der Waals surface area contributed by atoms with Crippen LogP contribution >= 0.6 is 25.3 Å². The van der Waals surface area contributed by atoms with E-state index in [-0.39, 0.29) is 6.61 Å². The maximum absolute atomic E-state index is 10.1. The molecule has 0 amide bonds. The van der Waals surface area contributed by atoms with E-state index in [0.29, 0.717) is 0 Å². The van der Waals surface area contributed by atoms with Gasteiger partial charge >= 0.3 is 0 Å². The monoisotopic (exact) mass is 217 g/mol. The van der Waals surface area contributed by atoms with E-state index in [4.69, 9.17) is 9.29 Å². The van der Waals surface area contributed by atoms with E-state index in [0.717, 1.165) is 0 Å². The van der Waals surface area contributed by atoms with Gasteiger partial charge in [-0.05, 0) is 0 Å². The molecule has 7 heteroatoms. The lowest BCUT2D eigenvalue weighted by Gasteiger charge is -2.06. The molecule has 0 spiro atoms. The van der Waals surface area contributed by atoms with Gasteiger partial charge in [-0.1, -0.05) is 0 Å². The van der Waals surface area contributed by atoms with E-state index in [9.17, 15) is 8.42 Å². The first-order valence-electron chi connectivity index (χ1n) is 2.68. The molecule has 0 fully saturated rings. The van der Waals surface area contributed by atoms with Gasteiger partial charge in [-0.2, -0.15) is 21.0 Å². The highest BCUT2D eigenvalue weighted by atomic mass is 32.2. The molecule has 0 aliphatic rings. The summed E-state index contributed by atoms with van der Waals surface area (Å²) >= 11 is 7.55. The molecule has 4 nitrogen and oxygen atoms in total. The fourth-order valence-corrected chi connectivity index (χ4v) is 0.816. The Morgan fingerprint density at radius 2 is 2.18 bits per heavy atom. The van der Waals surface area contributed by atoms with Gasteiger partial charge in [0.15, 0.2) is 0 Å². The third-order valence-electron chi connectivity index (χ3n) is 0.757. The van der Waals surface area contributed by atoms with E-state index < -0.39 is 21.3 Å². The molecule has 0 aliphatic carbocycles. The lowest BCUT2D eigenvalue weighted by Crippen LogP contribution is -2.14. The van der Waals surface area contributed by atoms with Crippen molar-refractivity contribution in [1.82, 2.24) is 0 Å². The molecule has 0 saturated carbocycles. The smallest absolute Gasteiger partial charge is 0.267 e. The summed E-state index contributed by atoms with van der Waals surface area (Å²) in [6.07, 6.45) is 0. The second kappa shape index (κ2) is 5.26. The Bertz CT molecular complexity index is 188. The zero-order chi connectivity index (χ0) is 8.91. The van der Waals surface area contributed by atoms with Crippen molar-refractivity contribution in [2.45, 2.75) is 5.44 Å². The average molecular weight is 217 g/mol. The van der Waals surface area contributed by atoms with Crippen molar-refractivity contribution in [3.63, 3.8) is 0 Å². The fourth-order valence-electron chi connectivity index (χ4n) is 0.317. The van der Waals surface area contributed by atoms with Crippen LogP contribution in [-0.4, -0.2) is 30.8 Å². The Balaban J connectivity index is 3.43. The molecule has 0 aromatic carbocycles. The largest absolute Gasteiger partial charge is 0.365 e. The Morgan fingerprint density at radius 3 is 2.55 bits per heavy atom. The van der Waals surface area contributed by atoms with E-state index in [1.165, 1.54) is 5.75 Å². The fraction of sp³-hybridized carbons (Fsp3) is 0.750. The third kappa shape index (κ3) is 8.48. The molecule has 0 aromatic rings. The van der Waals surface area contributed by atoms with E-state index in [1.54, 1.807) is 0 Å². The minimum absolute atomic E-state index is 0.0932. The summed E-state index contributed by atoms with van der Waals surface area (Å²) in [5.74, 6) is 0.929. The standard InChI is InChI=1S/C4H9O4S3/c5-11(6,7)2-1-8-4(10)3-9/h3-4,9-10H,1-2H2,(H,5,6,7). The maximum atomic E-state index is 10.1. The molecule has 0 aromatic heterocycles. The normalized spacial score (nSPS) is 14.8. The molecular formula is C4H9O4S3. The van der Waals surface area contributed by atoms with Gasteiger partial charge in [0.2, 0.25) is 0 Å². The van der Waals surface area contributed by atoms with Crippen molar-refractivity contribution in [2.24, 2.45) is 0 Å². The summed E-state index contributed by atoms with van der Waals surface area (Å²) in [4.78, 5) is 0. The van der Waals surface area contributed by atoms with Gasteiger partial charge in [0.05, 0.1) is 18.1 Å². The molecule has 0 aliphatic heterocycles. The number of hydrogen-bond acceptors (Lipinski definition) is 5. The lowest BCUT2D eigenvalue weighted by atomic mass is 10.8. The third-order valence-corrected chi connectivity index (χ3v) is 2.24. The molecule has 0 bridgehead atoms. The van der Waals surface area contributed by atoms with Crippen molar-refractivity contribution in [2.75, 3.05) is 12.4 Å². The Hall–Kier alpha value is 0.570. The maximum Gasteiger partial charge on any atom is 0.267 e. The molecule has 0 saturated heterocycles. The van der Waals surface area contributed by atoms with Crippen molar-refractivity contribution < 1.29 is 17.7 Å². The summed E-state index contributed by atoms with van der Waals surface area (Å²) < 4.78 is 33.2. The quantitative estimate of drug-likeness (QED) is 0.351. The summed E-state index contributed by atoms with van der Waals surface area (Å²) in [7, 11) is -3.93. The van der Waals surface area contributed by atoms with Crippen LogP contribution in [0, 0.1) is 5.75 Å². The van der Waals surface area contributed by atoms with Crippen molar-refractivity contribution in [3.8, 4) is 0 Å². The predicted molar refractivity (Wildman–Crippen MR) is 48.4 cm³/mol. The summed E-state index contributed by atoms with van der Waals surface area (Å²) in [6, 6.07) is 0. The molecule has 0 heterocycles. The van der Waals surface area contributed by atoms with Gasteiger partial charge in [0.1, 0.15) is 5.44 Å². The number of rotatable bonds is 5. The zero-order valence-electron chi connectivity index (χ0n) is 5.54. The Kier molecular flexibility index (Phi) is 5.53. The van der Waals surface area contributed by atoms with Gasteiger partial charge in [-0.25, -0.2) is 0 Å². The average Bonchev–Trinajstić information content (AvgIpc) is 1.85. The molecule has 1 atom stereocenters. The molecule has 1 unspecified atom stereocenters. The first-order chi connectivity index (χ1) is 4.95. The van der Waals surface area contributed by atoms with Crippen LogP contribution in [0.5, 0.6) is 0 Å². The van der Waals surface area contributed by atoms with Gasteiger partial charge in [-0.15, -0.1) is 12.6 Å². The summed E-state index contributed by atoms with van der Waals surface area (Å²) in [6.45, 7) is -0.0932. The molecule has 1 radical (unpaired) electrons. The van der Waals surface area contributed by atoms with Crippen LogP contribution in [0.2, 0.25) is 0 Å². The van der Waals surface area contributed by atoms with Gasteiger partial charge in [-0.3, -0.25) is 4.55 Å². The van der Waals surface area contributed by atoms with Gasteiger partial charge < -0.3 is 4.74 Å². The highest BCUT2D eigenvalue weighted by Crippen LogP contribution is 2.04. The van der Waals surface area contributed by atoms with Crippen LogP contribution < -0.4 is 0 Å². The second-order valence-corrected chi connectivity index (χ2v) is 4.08. The van der Waals surface area contributed by atoms with E-state index >= 15 is 0 Å². The molecule has 67 valence electrons. The minimum Gasteiger partial charge on any atom is -0.365 e. The summed E-state index contributed by atoms with van der Waals surface area (Å²) in [5.41, 5.74) is -0.514. The van der Waals surface area contributed by atoms with E-state index in [1.807, 2.05) is 0 Å². The first-order valence-corrected chi connectivity index (χ1v) is 5.32. The highest BCUT2D eigenvalue weighted by Gasteiger charge is 2.06. The van der Waals surface area contributed by atoms with Crippen LogP contribution in [0.3, 0.4) is 0 Å². The van der Waals surface area contributed by atoms with Gasteiger partial charge in [0, 0.05) is 0 Å². The Labute approximate surface area is 76.9 Å². The number of thiol groups is 2. The predicted octanol–water partition coefficient (Wildman–Crippen LogP) is 0.238. The van der Waals surface area contributed by atoms with Gasteiger partial charge in [0.25, 0.3) is 10.1 Å². The molecule has 0 rings (SSSR count). The van der Waals surface area contributed by atoms with Crippen molar-refractivity contribution in [3.05, 3.63) is 5.75 Å². The summed E-state index contributed by atoms with van der Waals surface area (Å²) in [5, 5.41) is 0. The van der Waals surface area contributed by atoms with E-state index in [2.05, 4.69) is 25.3 Å². The van der Waals surface area contributed by atoms with Crippen LogP contribution in [-0.2, 0) is 14.9 Å². The van der Waals surface area contributed by atoms with Crippen LogP contribution in [0.4, 0.5) is 0 Å². The van der Waals surface area contributed by atoms with Crippen LogP contribution in [0.15, 0.2) is 0 Å². The molecular weight excluding hydrogens is 208 g/mol. The first kappa shape index (κ1) is 11.6. The van der Waals surface area contributed by atoms with Crippen LogP contribution in [0.25, 0.3) is 0 Å². The topological polar surface area (TPSA) is 63.6 Å². The van der Waals surface area contributed by atoms with Crippen molar-refractivity contribution in [1.29, 1.82) is 0 Å².